The van der Waals surface area contributed by atoms with Crippen LogP contribution in [0.3, 0.4) is 0 Å². The molecule has 2 heterocycles. The first-order chi connectivity index (χ1) is 13.9. The number of anilines is 1. The molecule has 0 bridgehead atoms. The van der Waals surface area contributed by atoms with Crippen molar-refractivity contribution in [3.63, 3.8) is 0 Å². The van der Waals surface area contributed by atoms with Crippen LogP contribution >= 0.6 is 23.1 Å². The number of nitrogens with zero attached hydrogens (tertiary/aromatic N) is 1. The van der Waals surface area contributed by atoms with Crippen LogP contribution in [0, 0.1) is 12.7 Å². The Morgan fingerprint density at radius 1 is 1.28 bits per heavy atom. The Bertz CT molecular complexity index is 958. The van der Waals surface area contributed by atoms with Gasteiger partial charge in [0.1, 0.15) is 11.6 Å². The van der Waals surface area contributed by atoms with E-state index in [1.165, 1.54) is 35.2 Å². The Kier molecular flexibility index (Phi) is 7.05. The van der Waals surface area contributed by atoms with Gasteiger partial charge in [-0.1, -0.05) is 23.4 Å². The monoisotopic (exact) mass is 433 g/mol. The Morgan fingerprint density at radius 2 is 2.03 bits per heavy atom. The molecular formula is C20H20FN3O3S2. The molecule has 3 rings (SSSR count). The lowest BCUT2D eigenvalue weighted by atomic mass is 10.1. The fraction of sp³-hybridized carbons (Fsp3) is 0.250. The van der Waals surface area contributed by atoms with Crippen LogP contribution in [0.2, 0.25) is 0 Å². The second-order valence-electron chi connectivity index (χ2n) is 6.33. The number of aryl methyl sites for hydroxylation is 1. The topological polar surface area (TPSA) is 84.2 Å². The van der Waals surface area contributed by atoms with Crippen molar-refractivity contribution in [3.05, 3.63) is 69.9 Å². The summed E-state index contributed by atoms with van der Waals surface area (Å²) in [5.41, 5.74) is 0.791. The molecule has 0 aliphatic carbocycles. The zero-order valence-electron chi connectivity index (χ0n) is 15.8. The summed E-state index contributed by atoms with van der Waals surface area (Å²) in [7, 11) is 0. The molecule has 152 valence electrons. The lowest BCUT2D eigenvalue weighted by molar-refractivity contribution is -0.119. The lowest BCUT2D eigenvalue weighted by Gasteiger charge is -2.19. The van der Waals surface area contributed by atoms with Gasteiger partial charge in [-0.3, -0.25) is 9.59 Å². The summed E-state index contributed by atoms with van der Waals surface area (Å²) in [6.45, 7) is 3.45. The maximum absolute atomic E-state index is 13.3. The highest BCUT2D eigenvalue weighted by atomic mass is 32.2. The molecule has 3 aromatic rings. The molecule has 0 radical (unpaired) electrons. The van der Waals surface area contributed by atoms with Crippen LogP contribution in [0.1, 0.15) is 29.2 Å². The molecule has 2 amide bonds. The normalized spacial score (nSPS) is 12.9. The number of carbonyl (C=O) groups excluding carboxylic acids is 2. The summed E-state index contributed by atoms with van der Waals surface area (Å²) in [5.74, 6) is 0.246. The Morgan fingerprint density at radius 3 is 2.66 bits per heavy atom. The molecule has 0 saturated carbocycles. The van der Waals surface area contributed by atoms with Gasteiger partial charge in [-0.05, 0) is 43.0 Å². The quantitative estimate of drug-likeness (QED) is 0.558. The number of amides is 2. The molecular weight excluding hydrogens is 413 g/mol. The van der Waals surface area contributed by atoms with E-state index >= 15 is 0 Å². The van der Waals surface area contributed by atoms with E-state index in [4.69, 9.17) is 4.52 Å². The first-order valence-corrected chi connectivity index (χ1v) is 10.8. The van der Waals surface area contributed by atoms with Gasteiger partial charge in [0.2, 0.25) is 11.8 Å². The van der Waals surface area contributed by atoms with Crippen molar-refractivity contribution in [3.8, 4) is 0 Å². The number of rotatable bonds is 8. The van der Waals surface area contributed by atoms with Gasteiger partial charge >= 0.3 is 0 Å². The third-order valence-corrected chi connectivity index (χ3v) is 6.13. The molecule has 2 aromatic heterocycles. The molecule has 0 aliphatic heterocycles. The third kappa shape index (κ3) is 5.91. The van der Waals surface area contributed by atoms with Gasteiger partial charge in [-0.2, -0.15) is 0 Å². The fourth-order valence-electron chi connectivity index (χ4n) is 2.56. The van der Waals surface area contributed by atoms with Gasteiger partial charge in [0.05, 0.1) is 17.0 Å². The zero-order valence-corrected chi connectivity index (χ0v) is 17.5. The number of thiophene rings is 1. The highest BCUT2D eigenvalue weighted by molar-refractivity contribution is 8.01. The first kappa shape index (κ1) is 21.1. The van der Waals surface area contributed by atoms with Gasteiger partial charge in [0, 0.05) is 10.9 Å². The van der Waals surface area contributed by atoms with Gasteiger partial charge in [0.15, 0.2) is 5.82 Å². The molecule has 1 aromatic carbocycles. The number of halogens is 1. The minimum atomic E-state index is -0.455. The molecule has 29 heavy (non-hydrogen) atoms. The molecule has 0 aliphatic rings. The minimum Gasteiger partial charge on any atom is -0.360 e. The van der Waals surface area contributed by atoms with Crippen LogP contribution in [0.25, 0.3) is 0 Å². The van der Waals surface area contributed by atoms with Gasteiger partial charge in [-0.25, -0.2) is 4.39 Å². The molecule has 2 atom stereocenters. The van der Waals surface area contributed by atoms with E-state index in [1.807, 2.05) is 17.5 Å². The van der Waals surface area contributed by atoms with Crippen molar-refractivity contribution < 1.29 is 18.5 Å². The maximum atomic E-state index is 13.3. The van der Waals surface area contributed by atoms with Gasteiger partial charge in [-0.15, -0.1) is 23.1 Å². The smallest absolute Gasteiger partial charge is 0.238 e. The van der Waals surface area contributed by atoms with Crippen molar-refractivity contribution in [2.45, 2.75) is 25.1 Å². The van der Waals surface area contributed by atoms with Crippen LogP contribution < -0.4 is 10.6 Å². The molecule has 0 spiro atoms. The largest absolute Gasteiger partial charge is 0.360 e. The second-order valence-corrected chi connectivity index (χ2v) is 8.64. The van der Waals surface area contributed by atoms with E-state index in [9.17, 15) is 14.0 Å². The van der Waals surface area contributed by atoms with E-state index in [0.29, 0.717) is 11.6 Å². The van der Waals surface area contributed by atoms with Gasteiger partial charge < -0.3 is 15.2 Å². The van der Waals surface area contributed by atoms with Crippen molar-refractivity contribution in [1.29, 1.82) is 0 Å². The Labute approximate surface area is 175 Å². The predicted molar refractivity (Wildman–Crippen MR) is 112 cm³/mol. The molecule has 0 unspecified atom stereocenters. The van der Waals surface area contributed by atoms with Crippen molar-refractivity contribution in [1.82, 2.24) is 10.5 Å². The van der Waals surface area contributed by atoms with Crippen molar-refractivity contribution in [2.75, 3.05) is 11.1 Å². The Hall–Kier alpha value is -2.65. The number of hydrogen-bond acceptors (Lipinski definition) is 6. The van der Waals surface area contributed by atoms with Gasteiger partial charge in [0.25, 0.3) is 0 Å². The van der Waals surface area contributed by atoms with Crippen LogP contribution in [0.4, 0.5) is 10.2 Å². The molecule has 6 nitrogen and oxygen atoms in total. The van der Waals surface area contributed by atoms with Crippen LogP contribution in [0.15, 0.2) is 52.4 Å². The number of hydrogen-bond donors (Lipinski definition) is 2. The van der Waals surface area contributed by atoms with Crippen LogP contribution in [-0.2, 0) is 9.59 Å². The summed E-state index contributed by atoms with van der Waals surface area (Å²) in [6.07, 6.45) is 0. The Balaban J connectivity index is 1.57. The second kappa shape index (κ2) is 9.71. The highest BCUT2D eigenvalue weighted by Gasteiger charge is 2.21. The average Bonchev–Trinajstić information content (AvgIpc) is 3.37. The van der Waals surface area contributed by atoms with E-state index in [2.05, 4.69) is 15.8 Å². The van der Waals surface area contributed by atoms with Crippen LogP contribution in [-0.4, -0.2) is 28.0 Å². The van der Waals surface area contributed by atoms with E-state index in [0.717, 1.165) is 10.4 Å². The highest BCUT2D eigenvalue weighted by Crippen LogP contribution is 2.26. The molecule has 9 heteroatoms. The number of nitrogens with one attached hydrogen (secondary N) is 2. The standard InChI is InChI=1S/C20H20FN3O3S2/c1-12-10-17(24-27-12)22-20(26)13(2)29-11-18(25)23-19(16-4-3-9-28-16)14-5-7-15(21)8-6-14/h3-10,13,19H,11H2,1-2H3,(H,23,25)(H,22,24,26)/t13-,19+/m0/s1. The summed E-state index contributed by atoms with van der Waals surface area (Å²) >= 11 is 2.73. The van der Waals surface area contributed by atoms with E-state index in [1.54, 1.807) is 32.0 Å². The van der Waals surface area contributed by atoms with E-state index in [-0.39, 0.29) is 29.4 Å². The molecule has 0 saturated heterocycles. The summed E-state index contributed by atoms with van der Waals surface area (Å²) < 4.78 is 18.2. The lowest BCUT2D eigenvalue weighted by Crippen LogP contribution is -2.32. The number of aromatic nitrogens is 1. The fourth-order valence-corrected chi connectivity index (χ4v) is 4.06. The number of thioether (sulfide) groups is 1. The zero-order chi connectivity index (χ0) is 20.8. The summed E-state index contributed by atoms with van der Waals surface area (Å²) in [5, 5.41) is 10.8. The predicted octanol–water partition coefficient (Wildman–Crippen LogP) is 4.15. The van der Waals surface area contributed by atoms with Crippen molar-refractivity contribution in [2.24, 2.45) is 0 Å². The van der Waals surface area contributed by atoms with Crippen LogP contribution in [0.5, 0.6) is 0 Å². The molecule has 0 fully saturated rings. The van der Waals surface area contributed by atoms with E-state index < -0.39 is 5.25 Å². The molecule has 2 N–H and O–H groups in total. The average molecular weight is 434 g/mol. The first-order valence-electron chi connectivity index (χ1n) is 8.86. The maximum Gasteiger partial charge on any atom is 0.238 e. The number of carbonyl (C=O) groups is 2. The SMILES string of the molecule is Cc1cc(NC(=O)[C@H](C)SCC(=O)N[C@H](c2ccc(F)cc2)c2cccs2)no1. The minimum absolute atomic E-state index is 0.107. The summed E-state index contributed by atoms with van der Waals surface area (Å²) in [6, 6.07) is 11.1. The number of benzene rings is 1. The van der Waals surface area contributed by atoms with Crippen molar-refractivity contribution >= 4 is 40.7 Å². The third-order valence-electron chi connectivity index (χ3n) is 4.05. The summed E-state index contributed by atoms with van der Waals surface area (Å²) in [4.78, 5) is 25.7.